The molecule has 252 valence electrons. The molecule has 11 unspecified atom stereocenters. The summed E-state index contributed by atoms with van der Waals surface area (Å²) < 4.78 is 35.5. The predicted octanol–water partition coefficient (Wildman–Crippen LogP) is 4.42. The van der Waals surface area contributed by atoms with Crippen molar-refractivity contribution in [2.75, 3.05) is 7.11 Å². The van der Waals surface area contributed by atoms with Crippen LogP contribution in [0, 0.1) is 28.6 Å². The van der Waals surface area contributed by atoms with E-state index in [0.717, 1.165) is 5.56 Å². The van der Waals surface area contributed by atoms with Crippen molar-refractivity contribution in [3.8, 4) is 0 Å². The van der Waals surface area contributed by atoms with E-state index in [1.807, 2.05) is 26.8 Å². The summed E-state index contributed by atoms with van der Waals surface area (Å²) in [7, 11) is 1.28. The summed E-state index contributed by atoms with van der Waals surface area (Å²) in [5, 5.41) is 11.0. The summed E-state index contributed by atoms with van der Waals surface area (Å²) in [5.41, 5.74) is -2.94. The van der Waals surface area contributed by atoms with E-state index in [9.17, 15) is 24.3 Å². The first kappa shape index (κ1) is 33.9. The standard InChI is InChI=1S/C35H46O11/c1-10-18(2)28(39)31(40)44-30-29(43-20(4)36)27(33(7)13-11-25(37)46-32(5,6)23(33)16-26(38)41-9)19(3)35-24(45-35)15-22(34(30,35)8)21-12-14-42-17-21/h11-14,17-18,22-24,27-30,39H,3,10,15-16H2,1-2,4-9H3. The highest BCUT2D eigenvalue weighted by atomic mass is 16.6. The number of esters is 4. The zero-order valence-electron chi connectivity index (χ0n) is 27.9. The van der Waals surface area contributed by atoms with Gasteiger partial charge in [0.25, 0.3) is 0 Å². The molecule has 5 rings (SSSR count). The third-order valence-electron chi connectivity index (χ3n) is 11.5. The summed E-state index contributed by atoms with van der Waals surface area (Å²) in [6.07, 6.45) is 3.09. The number of carbonyl (C=O) groups is 4. The molecule has 2 aliphatic carbocycles. The van der Waals surface area contributed by atoms with E-state index in [0.29, 0.717) is 18.4 Å². The minimum absolute atomic E-state index is 0.141. The molecule has 0 bridgehead atoms. The quantitative estimate of drug-likeness (QED) is 0.176. The van der Waals surface area contributed by atoms with E-state index >= 15 is 0 Å². The first-order chi connectivity index (χ1) is 21.5. The van der Waals surface area contributed by atoms with Crippen LogP contribution in [0.1, 0.15) is 79.2 Å². The van der Waals surface area contributed by atoms with Crippen LogP contribution in [0.3, 0.4) is 0 Å². The highest BCUT2D eigenvalue weighted by Gasteiger charge is 2.84. The Balaban J connectivity index is 1.74. The van der Waals surface area contributed by atoms with E-state index in [1.165, 1.54) is 20.1 Å². The lowest BCUT2D eigenvalue weighted by Gasteiger charge is -2.58. The molecule has 1 spiro atoms. The molecule has 0 aromatic carbocycles. The van der Waals surface area contributed by atoms with E-state index in [-0.39, 0.29) is 18.4 Å². The van der Waals surface area contributed by atoms with Gasteiger partial charge in [0.2, 0.25) is 0 Å². The van der Waals surface area contributed by atoms with Crippen LogP contribution in [-0.4, -0.2) is 71.7 Å². The number of aliphatic hydroxyl groups excluding tert-OH is 1. The van der Waals surface area contributed by atoms with E-state index in [2.05, 4.69) is 6.58 Å². The first-order valence-corrected chi connectivity index (χ1v) is 15.9. The van der Waals surface area contributed by atoms with Gasteiger partial charge in [0.05, 0.1) is 37.6 Å². The van der Waals surface area contributed by atoms with Gasteiger partial charge in [-0.05, 0) is 43.4 Å². The van der Waals surface area contributed by atoms with Gasteiger partial charge < -0.3 is 33.2 Å². The van der Waals surface area contributed by atoms with E-state index in [4.69, 9.17) is 28.1 Å². The van der Waals surface area contributed by atoms with Gasteiger partial charge in [-0.25, -0.2) is 9.59 Å². The summed E-state index contributed by atoms with van der Waals surface area (Å²) in [5.74, 6) is -4.80. The van der Waals surface area contributed by atoms with Gasteiger partial charge in [-0.3, -0.25) is 9.59 Å². The number of aliphatic hydroxyl groups is 1. The summed E-state index contributed by atoms with van der Waals surface area (Å²) in [6.45, 7) is 16.7. The van der Waals surface area contributed by atoms with Crippen LogP contribution >= 0.6 is 0 Å². The molecular formula is C35H46O11. The number of rotatable bonds is 9. The van der Waals surface area contributed by atoms with Crippen molar-refractivity contribution in [3.05, 3.63) is 48.5 Å². The third kappa shape index (κ3) is 5.01. The summed E-state index contributed by atoms with van der Waals surface area (Å²) in [4.78, 5) is 52.5. The summed E-state index contributed by atoms with van der Waals surface area (Å²) >= 11 is 0. The molecule has 11 atom stereocenters. The van der Waals surface area contributed by atoms with Crippen molar-refractivity contribution in [2.24, 2.45) is 28.6 Å². The zero-order valence-corrected chi connectivity index (χ0v) is 27.9. The van der Waals surface area contributed by atoms with Gasteiger partial charge in [-0.15, -0.1) is 0 Å². The van der Waals surface area contributed by atoms with Gasteiger partial charge in [0.1, 0.15) is 23.4 Å². The van der Waals surface area contributed by atoms with Crippen LogP contribution in [0.15, 0.2) is 47.3 Å². The number of furan rings is 1. The lowest BCUT2D eigenvalue weighted by atomic mass is 9.48. The predicted molar refractivity (Wildman–Crippen MR) is 163 cm³/mol. The van der Waals surface area contributed by atoms with Crippen molar-refractivity contribution < 1.29 is 52.4 Å². The topological polar surface area (TPSA) is 151 Å². The Morgan fingerprint density at radius 3 is 2.46 bits per heavy atom. The number of cyclic esters (lactones) is 1. The lowest BCUT2D eigenvalue weighted by molar-refractivity contribution is -0.215. The monoisotopic (exact) mass is 642 g/mol. The fourth-order valence-electron chi connectivity index (χ4n) is 8.94. The molecule has 4 aliphatic rings. The maximum atomic E-state index is 13.7. The van der Waals surface area contributed by atoms with Crippen molar-refractivity contribution in [1.82, 2.24) is 0 Å². The Labute approximate surface area is 269 Å². The number of methoxy groups -OCH3 is 1. The van der Waals surface area contributed by atoms with Crippen molar-refractivity contribution in [1.29, 1.82) is 0 Å². The molecule has 11 nitrogen and oxygen atoms in total. The van der Waals surface area contributed by atoms with Crippen LogP contribution in [-0.2, 0) is 42.9 Å². The Bertz CT molecular complexity index is 1430. The highest BCUT2D eigenvalue weighted by molar-refractivity contribution is 5.83. The average Bonchev–Trinajstić information content (AvgIpc) is 3.37. The highest BCUT2D eigenvalue weighted by Crippen LogP contribution is 2.76. The van der Waals surface area contributed by atoms with Crippen LogP contribution in [0.4, 0.5) is 0 Å². The van der Waals surface area contributed by atoms with Gasteiger partial charge in [-0.1, -0.05) is 46.8 Å². The Morgan fingerprint density at radius 2 is 1.87 bits per heavy atom. The number of ether oxygens (including phenoxy) is 5. The smallest absolute Gasteiger partial charge is 0.335 e. The van der Waals surface area contributed by atoms with Crippen molar-refractivity contribution >= 4 is 23.9 Å². The molecule has 0 amide bonds. The Kier molecular flexibility index (Phi) is 8.60. The molecule has 1 N–H and O–H groups in total. The summed E-state index contributed by atoms with van der Waals surface area (Å²) in [6, 6.07) is 1.85. The number of epoxide rings is 1. The molecule has 3 heterocycles. The number of carbonyl (C=O) groups excluding carboxylic acids is 4. The molecule has 2 aliphatic heterocycles. The second-order valence-corrected chi connectivity index (χ2v) is 14.3. The second-order valence-electron chi connectivity index (χ2n) is 14.3. The van der Waals surface area contributed by atoms with Crippen molar-refractivity contribution in [3.63, 3.8) is 0 Å². The van der Waals surface area contributed by atoms with Gasteiger partial charge >= 0.3 is 23.9 Å². The van der Waals surface area contributed by atoms with Crippen LogP contribution in [0.5, 0.6) is 0 Å². The molecule has 1 aromatic heterocycles. The maximum Gasteiger partial charge on any atom is 0.335 e. The molecule has 2 saturated carbocycles. The van der Waals surface area contributed by atoms with Gasteiger partial charge in [-0.2, -0.15) is 0 Å². The molecular weight excluding hydrogens is 596 g/mol. The van der Waals surface area contributed by atoms with Crippen molar-refractivity contribution in [2.45, 2.75) is 109 Å². The maximum absolute atomic E-state index is 13.7. The van der Waals surface area contributed by atoms with Gasteiger partial charge in [0, 0.05) is 36.2 Å². The van der Waals surface area contributed by atoms with E-state index < -0.39 is 82.0 Å². The van der Waals surface area contributed by atoms with Crippen LogP contribution in [0.25, 0.3) is 0 Å². The SMILES string of the molecule is C=C1C(C2(C)C=CC(=O)OC(C)(C)C2CC(=O)OC)C(OC(C)=O)C(OC(=O)C(O)C(C)CC)C2(C)C(c3ccoc3)CC3OC132. The first-order valence-electron chi connectivity index (χ1n) is 15.9. The average molecular weight is 643 g/mol. The minimum Gasteiger partial charge on any atom is -0.472 e. The van der Waals surface area contributed by atoms with E-state index in [1.54, 1.807) is 39.4 Å². The Hall–Kier alpha value is -3.44. The molecule has 11 heteroatoms. The Morgan fingerprint density at radius 1 is 1.17 bits per heavy atom. The number of hydrogen-bond acceptors (Lipinski definition) is 11. The molecule has 1 saturated heterocycles. The second kappa shape index (κ2) is 11.7. The normalized spacial score (nSPS) is 38.8. The number of allylic oxidation sites excluding steroid dienone is 1. The zero-order chi connectivity index (χ0) is 34.0. The minimum atomic E-state index is -1.43. The molecule has 3 fully saturated rings. The molecule has 0 radical (unpaired) electrons. The molecule has 46 heavy (non-hydrogen) atoms. The largest absolute Gasteiger partial charge is 0.472 e. The molecule has 1 aromatic rings. The van der Waals surface area contributed by atoms with Crippen LogP contribution < -0.4 is 0 Å². The van der Waals surface area contributed by atoms with Crippen LogP contribution in [0.2, 0.25) is 0 Å². The third-order valence-corrected chi connectivity index (χ3v) is 11.5. The fraction of sp³-hybridized carbons (Fsp3) is 0.657. The fourth-order valence-corrected chi connectivity index (χ4v) is 8.94. The number of hydrogen-bond donors (Lipinski definition) is 1. The lowest BCUT2D eigenvalue weighted by Crippen LogP contribution is -2.66. The van der Waals surface area contributed by atoms with Gasteiger partial charge in [0.15, 0.2) is 6.10 Å².